The summed E-state index contributed by atoms with van der Waals surface area (Å²) in [5.41, 5.74) is 0.937. The fraction of sp³-hybridized carbons (Fsp3) is 0.105. The maximum atomic E-state index is 12.3. The normalized spacial score (nSPS) is 15.7. The first-order valence-corrected chi connectivity index (χ1v) is 9.93. The van der Waals surface area contributed by atoms with E-state index in [4.69, 9.17) is 14.7 Å². The number of amidine groups is 1. The molecule has 1 aliphatic rings. The molecule has 0 spiro atoms. The first kappa shape index (κ1) is 21.4. The van der Waals surface area contributed by atoms with Crippen LogP contribution >= 0.6 is 27.7 Å². The zero-order valence-electron chi connectivity index (χ0n) is 15.4. The highest BCUT2D eigenvalue weighted by molar-refractivity contribution is 9.10. The van der Waals surface area contributed by atoms with Crippen LogP contribution in [0.4, 0.5) is 11.4 Å². The van der Waals surface area contributed by atoms with Gasteiger partial charge in [-0.25, -0.2) is 4.99 Å². The highest BCUT2D eigenvalue weighted by Crippen LogP contribution is 2.38. The molecule has 0 saturated carbocycles. The number of carbonyl (C=O) groups excluding carboxylic acids is 1. The summed E-state index contributed by atoms with van der Waals surface area (Å²) in [5.74, 6) is 0.446. The second-order valence-electron chi connectivity index (χ2n) is 5.74. The van der Waals surface area contributed by atoms with E-state index in [-0.39, 0.29) is 18.2 Å². The van der Waals surface area contributed by atoms with E-state index in [1.54, 1.807) is 24.3 Å². The summed E-state index contributed by atoms with van der Waals surface area (Å²) in [5, 5.41) is 22.5. The van der Waals surface area contributed by atoms with Gasteiger partial charge >= 0.3 is 0 Å². The van der Waals surface area contributed by atoms with Gasteiger partial charge in [-0.2, -0.15) is 5.26 Å². The van der Waals surface area contributed by atoms with E-state index in [0.717, 1.165) is 11.8 Å². The molecule has 9 nitrogen and oxygen atoms in total. The molecule has 1 fully saturated rings. The van der Waals surface area contributed by atoms with E-state index < -0.39 is 4.92 Å². The number of halogens is 1. The highest BCUT2D eigenvalue weighted by atomic mass is 79.9. The molecule has 11 heteroatoms. The fourth-order valence-electron chi connectivity index (χ4n) is 2.49. The summed E-state index contributed by atoms with van der Waals surface area (Å²) in [7, 11) is 1.47. The van der Waals surface area contributed by atoms with E-state index in [1.807, 2.05) is 6.07 Å². The number of nitro groups is 1. The van der Waals surface area contributed by atoms with Crippen LogP contribution in [0.1, 0.15) is 5.56 Å². The fourth-order valence-corrected chi connectivity index (χ4v) is 3.91. The molecule has 1 amide bonds. The van der Waals surface area contributed by atoms with Gasteiger partial charge in [0.25, 0.3) is 11.6 Å². The molecule has 1 heterocycles. The molecule has 0 unspecified atom stereocenters. The van der Waals surface area contributed by atoms with Gasteiger partial charge in [0.1, 0.15) is 6.07 Å². The number of nitriles is 1. The van der Waals surface area contributed by atoms with Gasteiger partial charge in [-0.3, -0.25) is 14.9 Å². The number of benzene rings is 2. The molecule has 0 aliphatic carbocycles. The maximum absolute atomic E-state index is 12.3. The van der Waals surface area contributed by atoms with Crippen LogP contribution in [0.3, 0.4) is 0 Å². The molecule has 1 aliphatic heterocycles. The molecule has 1 N–H and O–H groups in total. The van der Waals surface area contributed by atoms with Gasteiger partial charge in [0.05, 0.1) is 27.1 Å². The van der Waals surface area contributed by atoms with Crippen LogP contribution in [-0.2, 0) is 4.79 Å². The summed E-state index contributed by atoms with van der Waals surface area (Å²) in [6.45, 7) is -0.134. The molecular weight excluding hydrogens is 476 g/mol. The van der Waals surface area contributed by atoms with Gasteiger partial charge in [-0.1, -0.05) is 6.07 Å². The zero-order valence-corrected chi connectivity index (χ0v) is 17.8. The van der Waals surface area contributed by atoms with Crippen LogP contribution in [0.25, 0.3) is 6.08 Å². The Bertz CT molecular complexity index is 1130. The SMILES string of the molecule is COc1cc(/C=C2\SC(=Nc3cccc([N+](=O)[O-])c3)NC2=O)cc(Br)c1OCC#N. The Labute approximate surface area is 183 Å². The number of hydrogen-bond acceptors (Lipinski definition) is 8. The Balaban J connectivity index is 1.86. The topological polar surface area (TPSA) is 127 Å². The van der Waals surface area contributed by atoms with Crippen molar-refractivity contribution >= 4 is 56.2 Å². The third kappa shape index (κ3) is 4.97. The number of amides is 1. The standard InChI is InChI=1S/C19H13BrN4O5S/c1-28-15-8-11(7-14(20)17(15)29-6-5-21)9-16-18(25)23-19(30-16)22-12-3-2-4-13(10-12)24(26)27/h2-4,7-10H,6H2,1H3,(H,22,23,25)/b16-9-. The zero-order chi connectivity index (χ0) is 21.7. The van der Waals surface area contributed by atoms with Gasteiger partial charge in [-0.15, -0.1) is 0 Å². The van der Waals surface area contributed by atoms with E-state index in [1.165, 1.54) is 25.3 Å². The highest BCUT2D eigenvalue weighted by Gasteiger charge is 2.24. The maximum Gasteiger partial charge on any atom is 0.271 e. The van der Waals surface area contributed by atoms with Crippen LogP contribution in [0, 0.1) is 21.4 Å². The number of hydrogen-bond donors (Lipinski definition) is 1. The first-order valence-electron chi connectivity index (χ1n) is 8.32. The number of nitrogens with zero attached hydrogens (tertiary/aromatic N) is 3. The smallest absolute Gasteiger partial charge is 0.271 e. The van der Waals surface area contributed by atoms with Gasteiger partial charge in [-0.05, 0) is 57.5 Å². The number of methoxy groups -OCH3 is 1. The number of nitrogens with one attached hydrogen (secondary N) is 1. The summed E-state index contributed by atoms with van der Waals surface area (Å²) in [6.07, 6.45) is 1.65. The Morgan fingerprint density at radius 1 is 1.40 bits per heavy atom. The lowest BCUT2D eigenvalue weighted by molar-refractivity contribution is -0.384. The average molecular weight is 489 g/mol. The Kier molecular flexibility index (Phi) is 6.71. The quantitative estimate of drug-likeness (QED) is 0.367. The molecule has 30 heavy (non-hydrogen) atoms. The van der Waals surface area contributed by atoms with Crippen molar-refractivity contribution < 1.29 is 19.2 Å². The predicted octanol–water partition coefficient (Wildman–Crippen LogP) is 4.16. The van der Waals surface area contributed by atoms with Crippen LogP contribution in [-0.4, -0.2) is 29.7 Å². The van der Waals surface area contributed by atoms with Crippen molar-refractivity contribution in [2.45, 2.75) is 0 Å². The number of ether oxygens (including phenoxy) is 2. The van der Waals surface area contributed by atoms with Crippen LogP contribution < -0.4 is 14.8 Å². The third-order valence-electron chi connectivity index (χ3n) is 3.75. The molecule has 0 bridgehead atoms. The molecule has 1 saturated heterocycles. The number of thioether (sulfide) groups is 1. The van der Waals surface area contributed by atoms with Crippen molar-refractivity contribution in [2.24, 2.45) is 4.99 Å². The lowest BCUT2D eigenvalue weighted by Crippen LogP contribution is -2.19. The van der Waals surface area contributed by atoms with Gasteiger partial charge < -0.3 is 14.8 Å². The summed E-state index contributed by atoms with van der Waals surface area (Å²) >= 11 is 4.49. The van der Waals surface area contributed by atoms with Crippen molar-refractivity contribution in [3.8, 4) is 17.6 Å². The third-order valence-corrected chi connectivity index (χ3v) is 5.25. The first-order chi connectivity index (χ1) is 14.4. The van der Waals surface area contributed by atoms with E-state index >= 15 is 0 Å². The lowest BCUT2D eigenvalue weighted by atomic mass is 10.2. The van der Waals surface area contributed by atoms with E-state index in [0.29, 0.717) is 37.3 Å². The van der Waals surface area contributed by atoms with E-state index in [9.17, 15) is 14.9 Å². The summed E-state index contributed by atoms with van der Waals surface area (Å²) in [4.78, 5) is 27.3. The Morgan fingerprint density at radius 3 is 2.90 bits per heavy atom. The van der Waals surface area contributed by atoms with Crippen molar-refractivity contribution in [3.05, 3.63) is 61.5 Å². The van der Waals surface area contributed by atoms with Crippen molar-refractivity contribution in [3.63, 3.8) is 0 Å². The molecule has 3 rings (SSSR count). The predicted molar refractivity (Wildman–Crippen MR) is 116 cm³/mol. The second-order valence-corrected chi connectivity index (χ2v) is 7.62. The molecule has 0 atom stereocenters. The molecule has 152 valence electrons. The number of rotatable bonds is 6. The number of aliphatic imine (C=N–C) groups is 1. The minimum absolute atomic E-state index is 0.0856. The molecule has 0 aromatic heterocycles. The Hall–Kier alpha value is -3.36. The van der Waals surface area contributed by atoms with Crippen molar-refractivity contribution in [1.82, 2.24) is 5.32 Å². The molecule has 2 aromatic rings. The lowest BCUT2D eigenvalue weighted by Gasteiger charge is -2.11. The number of nitro benzene ring substituents is 1. The van der Waals surface area contributed by atoms with Crippen LogP contribution in [0.15, 0.2) is 50.8 Å². The monoisotopic (exact) mass is 488 g/mol. The largest absolute Gasteiger partial charge is 0.493 e. The molecule has 0 radical (unpaired) electrons. The second kappa shape index (κ2) is 9.43. The Morgan fingerprint density at radius 2 is 2.20 bits per heavy atom. The number of carbonyl (C=O) groups is 1. The van der Waals surface area contributed by atoms with Crippen molar-refractivity contribution in [1.29, 1.82) is 5.26 Å². The average Bonchev–Trinajstić information content (AvgIpc) is 3.05. The summed E-state index contributed by atoms with van der Waals surface area (Å²) in [6, 6.07) is 11.1. The van der Waals surface area contributed by atoms with Crippen LogP contribution in [0.5, 0.6) is 11.5 Å². The number of non-ortho nitro benzene ring substituents is 1. The molecular formula is C19H13BrN4O5S. The van der Waals surface area contributed by atoms with Gasteiger partial charge in [0.2, 0.25) is 0 Å². The van der Waals surface area contributed by atoms with Crippen LogP contribution in [0.2, 0.25) is 0 Å². The minimum atomic E-state index is -0.509. The van der Waals surface area contributed by atoms with Crippen molar-refractivity contribution in [2.75, 3.05) is 13.7 Å². The van der Waals surface area contributed by atoms with E-state index in [2.05, 4.69) is 26.2 Å². The summed E-state index contributed by atoms with van der Waals surface area (Å²) < 4.78 is 11.2. The minimum Gasteiger partial charge on any atom is -0.493 e. The van der Waals surface area contributed by atoms with Gasteiger partial charge in [0.15, 0.2) is 23.3 Å². The van der Waals surface area contributed by atoms with Gasteiger partial charge in [0, 0.05) is 12.1 Å². The molecule has 2 aromatic carbocycles.